The van der Waals surface area contributed by atoms with Gasteiger partial charge in [-0.25, -0.2) is 4.39 Å². The first-order valence-corrected chi connectivity index (χ1v) is 2.57. The highest BCUT2D eigenvalue weighted by Crippen LogP contribution is 2.36. The monoisotopic (exact) mass is 196 g/mol. The molecule has 0 N–H and O–H groups in total. The van der Waals surface area contributed by atoms with E-state index >= 15 is 0 Å². The highest BCUT2D eigenvalue weighted by atomic mass is 19.4. The summed E-state index contributed by atoms with van der Waals surface area (Å²) in [5.41, 5.74) is -2.27. The van der Waals surface area contributed by atoms with Crippen LogP contribution in [-0.2, 0) is 0 Å². The summed E-state index contributed by atoms with van der Waals surface area (Å²) in [5.74, 6) is -3.10. The summed E-state index contributed by atoms with van der Waals surface area (Å²) in [4.78, 5) is 0. The molecule has 0 radical (unpaired) electrons. The van der Waals surface area contributed by atoms with Crippen molar-refractivity contribution in [2.45, 2.75) is 19.3 Å². The third-order valence-electron chi connectivity index (χ3n) is 1.00. The van der Waals surface area contributed by atoms with Crippen LogP contribution in [0.3, 0.4) is 0 Å². The Labute approximate surface area is 62.7 Å². The Morgan fingerprint density at radius 3 is 1.25 bits per heavy atom. The normalized spacial score (nSPS) is 16.0. The van der Waals surface area contributed by atoms with E-state index in [0.717, 1.165) is 0 Å². The molecule has 0 heterocycles. The third kappa shape index (κ3) is 2.71. The molecule has 0 aliphatic heterocycles. The lowest BCUT2D eigenvalue weighted by Crippen LogP contribution is -2.18. The zero-order chi connectivity index (χ0) is 10.2. The van der Waals surface area contributed by atoms with Crippen LogP contribution in [0.5, 0.6) is 0 Å². The zero-order valence-corrected chi connectivity index (χ0v) is 5.65. The highest BCUT2D eigenvalue weighted by molar-refractivity contribution is 5.14. The number of halogens is 7. The number of alkyl halides is 6. The SMILES string of the molecule is CC(=C(F)C(F)(F)F)C(F)(F)F. The number of hydrogen-bond donors (Lipinski definition) is 0. The van der Waals surface area contributed by atoms with Crippen molar-refractivity contribution in [1.82, 2.24) is 0 Å². The molecule has 0 rings (SSSR count). The summed E-state index contributed by atoms with van der Waals surface area (Å²) in [6.07, 6.45) is -10.8. The number of hydrogen-bond acceptors (Lipinski definition) is 0. The molecule has 0 spiro atoms. The number of allylic oxidation sites excluding steroid dienone is 2. The maximum absolute atomic E-state index is 11.8. The Morgan fingerprint density at radius 1 is 0.833 bits per heavy atom. The van der Waals surface area contributed by atoms with Crippen molar-refractivity contribution in [3.05, 3.63) is 11.4 Å². The molecule has 0 aromatic rings. The molecule has 7 heteroatoms. The summed E-state index contributed by atoms with van der Waals surface area (Å²) in [6, 6.07) is 0. The van der Waals surface area contributed by atoms with E-state index in [4.69, 9.17) is 0 Å². The van der Waals surface area contributed by atoms with Crippen molar-refractivity contribution in [1.29, 1.82) is 0 Å². The Morgan fingerprint density at radius 2 is 1.17 bits per heavy atom. The van der Waals surface area contributed by atoms with Gasteiger partial charge in [-0.1, -0.05) is 0 Å². The van der Waals surface area contributed by atoms with Gasteiger partial charge in [0.05, 0.1) is 5.57 Å². The standard InChI is InChI=1S/C5H3F7/c1-2(4(7,8)9)3(6)5(10,11)12/h1H3. The quantitative estimate of drug-likeness (QED) is 0.521. The smallest absolute Gasteiger partial charge is 0.201 e. The fraction of sp³-hybridized carbons (Fsp3) is 0.600. The zero-order valence-electron chi connectivity index (χ0n) is 5.65. The van der Waals surface area contributed by atoms with Gasteiger partial charge >= 0.3 is 12.4 Å². The molecule has 0 nitrogen and oxygen atoms in total. The number of rotatable bonds is 0. The molecular weight excluding hydrogens is 193 g/mol. The molecule has 12 heavy (non-hydrogen) atoms. The minimum atomic E-state index is -5.57. The maximum Gasteiger partial charge on any atom is 0.443 e. The van der Waals surface area contributed by atoms with E-state index in [1.165, 1.54) is 0 Å². The molecule has 0 aliphatic carbocycles. The minimum absolute atomic E-state index is 0.0306. The summed E-state index contributed by atoms with van der Waals surface area (Å²) in [7, 11) is 0. The molecule has 0 fully saturated rings. The molecule has 0 amide bonds. The van der Waals surface area contributed by atoms with Crippen LogP contribution in [0, 0.1) is 0 Å². The van der Waals surface area contributed by atoms with Gasteiger partial charge in [0.25, 0.3) is 0 Å². The molecule has 0 unspecified atom stereocenters. The van der Waals surface area contributed by atoms with Crippen molar-refractivity contribution in [2.24, 2.45) is 0 Å². The molecule has 0 saturated heterocycles. The topological polar surface area (TPSA) is 0 Å². The average Bonchev–Trinajstić information content (AvgIpc) is 1.80. The Kier molecular flexibility index (Phi) is 2.76. The average molecular weight is 196 g/mol. The van der Waals surface area contributed by atoms with Crippen LogP contribution in [0.4, 0.5) is 30.7 Å². The molecule has 0 atom stereocenters. The largest absolute Gasteiger partial charge is 0.443 e. The van der Waals surface area contributed by atoms with Crippen molar-refractivity contribution in [3.8, 4) is 0 Å². The second-order valence-corrected chi connectivity index (χ2v) is 1.93. The van der Waals surface area contributed by atoms with Crippen LogP contribution in [0.2, 0.25) is 0 Å². The van der Waals surface area contributed by atoms with Gasteiger partial charge in [0.2, 0.25) is 5.83 Å². The predicted octanol–water partition coefficient (Wildman–Crippen LogP) is 3.35. The predicted molar refractivity (Wildman–Crippen MR) is 25.9 cm³/mol. The van der Waals surface area contributed by atoms with Crippen LogP contribution >= 0.6 is 0 Å². The second kappa shape index (κ2) is 2.95. The van der Waals surface area contributed by atoms with Crippen LogP contribution in [0.15, 0.2) is 11.4 Å². The fourth-order valence-electron chi connectivity index (χ4n) is 0.337. The Balaban J connectivity index is 4.96. The summed E-state index contributed by atoms with van der Waals surface area (Å²) >= 11 is 0. The van der Waals surface area contributed by atoms with Gasteiger partial charge in [0, 0.05) is 0 Å². The van der Waals surface area contributed by atoms with Gasteiger partial charge in [0.15, 0.2) is 0 Å². The van der Waals surface area contributed by atoms with Crippen molar-refractivity contribution in [3.63, 3.8) is 0 Å². The van der Waals surface area contributed by atoms with Gasteiger partial charge in [-0.05, 0) is 6.92 Å². The van der Waals surface area contributed by atoms with Crippen LogP contribution in [0.25, 0.3) is 0 Å². The van der Waals surface area contributed by atoms with E-state index in [2.05, 4.69) is 0 Å². The minimum Gasteiger partial charge on any atom is -0.201 e. The lowest BCUT2D eigenvalue weighted by atomic mass is 10.2. The van der Waals surface area contributed by atoms with E-state index in [-0.39, 0.29) is 6.92 Å². The lowest BCUT2D eigenvalue weighted by Gasteiger charge is -2.10. The van der Waals surface area contributed by atoms with E-state index in [1.807, 2.05) is 0 Å². The Hall–Kier alpha value is -0.750. The molecule has 72 valence electrons. The highest BCUT2D eigenvalue weighted by Gasteiger charge is 2.44. The molecule has 0 aromatic heterocycles. The maximum atomic E-state index is 11.8. The Bertz CT molecular complexity index is 171. The van der Waals surface area contributed by atoms with Gasteiger partial charge in [-0.15, -0.1) is 0 Å². The van der Waals surface area contributed by atoms with E-state index in [9.17, 15) is 30.7 Å². The van der Waals surface area contributed by atoms with Gasteiger partial charge < -0.3 is 0 Å². The molecular formula is C5H3F7. The molecule has 0 saturated carbocycles. The summed E-state index contributed by atoms with van der Waals surface area (Å²) in [5, 5.41) is 0. The van der Waals surface area contributed by atoms with Gasteiger partial charge in [0.1, 0.15) is 0 Å². The van der Waals surface area contributed by atoms with Crippen LogP contribution < -0.4 is 0 Å². The summed E-state index contributed by atoms with van der Waals surface area (Å²) in [6.45, 7) is 0.0306. The van der Waals surface area contributed by atoms with Crippen molar-refractivity contribution in [2.75, 3.05) is 0 Å². The lowest BCUT2D eigenvalue weighted by molar-refractivity contribution is -0.128. The van der Waals surface area contributed by atoms with Crippen molar-refractivity contribution < 1.29 is 30.7 Å². The van der Waals surface area contributed by atoms with Gasteiger partial charge in [-0.3, -0.25) is 0 Å². The van der Waals surface area contributed by atoms with Crippen LogP contribution in [-0.4, -0.2) is 12.4 Å². The second-order valence-electron chi connectivity index (χ2n) is 1.93. The molecule has 0 bridgehead atoms. The first-order chi connectivity index (χ1) is 5.07. The van der Waals surface area contributed by atoms with E-state index in [0.29, 0.717) is 0 Å². The van der Waals surface area contributed by atoms with Crippen molar-refractivity contribution >= 4 is 0 Å². The summed E-state index contributed by atoms with van der Waals surface area (Å²) < 4.78 is 80.0. The third-order valence-corrected chi connectivity index (χ3v) is 1.00. The van der Waals surface area contributed by atoms with E-state index in [1.54, 1.807) is 0 Å². The molecule has 0 aromatic carbocycles. The molecule has 0 aliphatic rings. The first-order valence-electron chi connectivity index (χ1n) is 2.57. The first kappa shape index (κ1) is 11.2. The van der Waals surface area contributed by atoms with E-state index < -0.39 is 23.8 Å². The fourth-order valence-corrected chi connectivity index (χ4v) is 0.337. The van der Waals surface area contributed by atoms with Gasteiger partial charge in [-0.2, -0.15) is 26.3 Å². The van der Waals surface area contributed by atoms with Crippen LogP contribution in [0.1, 0.15) is 6.92 Å².